The van der Waals surface area contributed by atoms with Gasteiger partial charge in [-0.15, -0.1) is 6.42 Å². The van der Waals surface area contributed by atoms with Crippen molar-refractivity contribution in [3.05, 3.63) is 0 Å². The number of rotatable bonds is 3. The van der Waals surface area contributed by atoms with Crippen LogP contribution in [0.25, 0.3) is 0 Å². The molecule has 0 radical (unpaired) electrons. The van der Waals surface area contributed by atoms with Gasteiger partial charge >= 0.3 is 0 Å². The molecule has 0 aromatic carbocycles. The predicted molar refractivity (Wildman–Crippen MR) is 39.0 cm³/mol. The van der Waals surface area contributed by atoms with Crippen molar-refractivity contribution < 1.29 is 0 Å². The fourth-order valence-electron chi connectivity index (χ4n) is 1.01. The SMILES string of the molecule is C#CCNCC1CC1C. The van der Waals surface area contributed by atoms with E-state index >= 15 is 0 Å². The highest BCUT2D eigenvalue weighted by Crippen LogP contribution is 2.36. The Morgan fingerprint density at radius 3 is 2.89 bits per heavy atom. The molecule has 1 rings (SSSR count). The fraction of sp³-hybridized carbons (Fsp3) is 0.750. The highest BCUT2D eigenvalue weighted by Gasteiger charge is 2.31. The number of hydrogen-bond acceptors (Lipinski definition) is 1. The van der Waals surface area contributed by atoms with Crippen molar-refractivity contribution in [1.82, 2.24) is 5.32 Å². The quantitative estimate of drug-likeness (QED) is 0.433. The van der Waals surface area contributed by atoms with Crippen LogP contribution in [-0.2, 0) is 0 Å². The molecule has 0 saturated heterocycles. The van der Waals surface area contributed by atoms with Crippen LogP contribution in [0.3, 0.4) is 0 Å². The van der Waals surface area contributed by atoms with Crippen molar-refractivity contribution in [2.45, 2.75) is 13.3 Å². The molecule has 2 unspecified atom stereocenters. The summed E-state index contributed by atoms with van der Waals surface area (Å²) in [6.45, 7) is 4.12. The van der Waals surface area contributed by atoms with E-state index in [4.69, 9.17) is 6.42 Å². The largest absolute Gasteiger partial charge is 0.306 e. The highest BCUT2D eigenvalue weighted by molar-refractivity contribution is 4.89. The maximum Gasteiger partial charge on any atom is 0.0573 e. The standard InChI is InChI=1S/C8H13N/c1-3-4-9-6-8-5-7(8)2/h1,7-9H,4-6H2,2H3. The molecule has 50 valence electrons. The minimum absolute atomic E-state index is 0.725. The smallest absolute Gasteiger partial charge is 0.0573 e. The van der Waals surface area contributed by atoms with Crippen molar-refractivity contribution in [2.75, 3.05) is 13.1 Å². The monoisotopic (exact) mass is 123 g/mol. The molecule has 1 aliphatic rings. The van der Waals surface area contributed by atoms with Crippen molar-refractivity contribution in [3.8, 4) is 12.3 Å². The van der Waals surface area contributed by atoms with Crippen LogP contribution in [-0.4, -0.2) is 13.1 Å². The summed E-state index contributed by atoms with van der Waals surface area (Å²) in [6.07, 6.45) is 6.44. The van der Waals surface area contributed by atoms with Crippen LogP contribution in [0, 0.1) is 24.2 Å². The molecule has 0 heterocycles. The van der Waals surface area contributed by atoms with Gasteiger partial charge in [-0.2, -0.15) is 0 Å². The Morgan fingerprint density at radius 1 is 1.78 bits per heavy atom. The molecule has 0 aromatic heterocycles. The molecule has 1 N–H and O–H groups in total. The van der Waals surface area contributed by atoms with Gasteiger partial charge in [0.05, 0.1) is 6.54 Å². The number of nitrogens with one attached hydrogen (secondary N) is 1. The summed E-state index contributed by atoms with van der Waals surface area (Å²) in [6, 6.07) is 0. The third-order valence-electron chi connectivity index (χ3n) is 1.91. The van der Waals surface area contributed by atoms with E-state index < -0.39 is 0 Å². The van der Waals surface area contributed by atoms with Gasteiger partial charge in [0.25, 0.3) is 0 Å². The maximum atomic E-state index is 5.06. The summed E-state index contributed by atoms with van der Waals surface area (Å²) in [7, 11) is 0. The number of terminal acetylenes is 1. The van der Waals surface area contributed by atoms with Crippen LogP contribution >= 0.6 is 0 Å². The molecular formula is C8H13N. The maximum absolute atomic E-state index is 5.06. The van der Waals surface area contributed by atoms with E-state index in [1.165, 1.54) is 6.42 Å². The van der Waals surface area contributed by atoms with Gasteiger partial charge in [-0.25, -0.2) is 0 Å². The van der Waals surface area contributed by atoms with Crippen LogP contribution in [0.5, 0.6) is 0 Å². The van der Waals surface area contributed by atoms with Gasteiger partial charge in [0.1, 0.15) is 0 Å². The lowest BCUT2D eigenvalue weighted by Crippen LogP contribution is -2.17. The zero-order chi connectivity index (χ0) is 6.69. The van der Waals surface area contributed by atoms with Gasteiger partial charge in [-0.05, 0) is 24.8 Å². The van der Waals surface area contributed by atoms with E-state index in [0.29, 0.717) is 0 Å². The first-order valence-corrected chi connectivity index (χ1v) is 3.48. The van der Waals surface area contributed by atoms with Crippen molar-refractivity contribution in [1.29, 1.82) is 0 Å². The fourth-order valence-corrected chi connectivity index (χ4v) is 1.01. The minimum Gasteiger partial charge on any atom is -0.306 e. The van der Waals surface area contributed by atoms with Crippen LogP contribution < -0.4 is 5.32 Å². The zero-order valence-electron chi connectivity index (χ0n) is 5.85. The van der Waals surface area contributed by atoms with Gasteiger partial charge < -0.3 is 5.32 Å². The molecule has 1 aliphatic carbocycles. The molecule has 1 heteroatoms. The first-order chi connectivity index (χ1) is 4.34. The Hall–Kier alpha value is -0.480. The van der Waals surface area contributed by atoms with E-state index in [9.17, 15) is 0 Å². The molecule has 0 bridgehead atoms. The Bertz CT molecular complexity index is 123. The van der Waals surface area contributed by atoms with E-state index in [1.807, 2.05) is 0 Å². The summed E-state index contributed by atoms with van der Waals surface area (Å²) in [5, 5.41) is 3.19. The first-order valence-electron chi connectivity index (χ1n) is 3.48. The predicted octanol–water partition coefficient (Wildman–Crippen LogP) is 0.865. The Balaban J connectivity index is 1.90. The van der Waals surface area contributed by atoms with E-state index in [2.05, 4.69) is 18.2 Å². The molecule has 0 aromatic rings. The molecule has 2 atom stereocenters. The molecular weight excluding hydrogens is 110 g/mol. The minimum atomic E-state index is 0.725. The van der Waals surface area contributed by atoms with Gasteiger partial charge in [0, 0.05) is 0 Å². The van der Waals surface area contributed by atoms with Gasteiger partial charge in [0.15, 0.2) is 0 Å². The van der Waals surface area contributed by atoms with Gasteiger partial charge in [-0.1, -0.05) is 12.8 Å². The average molecular weight is 123 g/mol. The number of hydrogen-bond donors (Lipinski definition) is 1. The molecule has 1 saturated carbocycles. The lowest BCUT2D eigenvalue weighted by Gasteiger charge is -1.95. The zero-order valence-corrected chi connectivity index (χ0v) is 5.85. The third kappa shape index (κ3) is 2.07. The summed E-state index contributed by atoms with van der Waals surface area (Å²) in [5.74, 6) is 4.41. The summed E-state index contributed by atoms with van der Waals surface area (Å²) in [4.78, 5) is 0. The Labute approximate surface area is 56.8 Å². The molecule has 0 aliphatic heterocycles. The summed E-state index contributed by atoms with van der Waals surface area (Å²) >= 11 is 0. The second kappa shape index (κ2) is 2.89. The molecule has 1 nitrogen and oxygen atoms in total. The molecule has 0 amide bonds. The van der Waals surface area contributed by atoms with Gasteiger partial charge in [0.2, 0.25) is 0 Å². The lowest BCUT2D eigenvalue weighted by molar-refractivity contribution is 0.651. The molecule has 1 fully saturated rings. The normalized spacial score (nSPS) is 31.6. The van der Waals surface area contributed by atoms with E-state index in [0.717, 1.165) is 24.9 Å². The Kier molecular flexibility index (Phi) is 2.13. The summed E-state index contributed by atoms with van der Waals surface area (Å²) < 4.78 is 0. The Morgan fingerprint density at radius 2 is 2.44 bits per heavy atom. The highest BCUT2D eigenvalue weighted by atomic mass is 14.9. The first kappa shape index (κ1) is 6.64. The average Bonchev–Trinajstić information content (AvgIpc) is 2.48. The second-order valence-corrected chi connectivity index (χ2v) is 2.81. The third-order valence-corrected chi connectivity index (χ3v) is 1.91. The van der Waals surface area contributed by atoms with E-state index in [1.54, 1.807) is 0 Å². The van der Waals surface area contributed by atoms with Crippen molar-refractivity contribution in [2.24, 2.45) is 11.8 Å². The van der Waals surface area contributed by atoms with Crippen molar-refractivity contribution in [3.63, 3.8) is 0 Å². The topological polar surface area (TPSA) is 12.0 Å². The lowest BCUT2D eigenvalue weighted by atomic mass is 10.3. The van der Waals surface area contributed by atoms with Crippen LogP contribution in [0.2, 0.25) is 0 Å². The van der Waals surface area contributed by atoms with Gasteiger partial charge in [-0.3, -0.25) is 0 Å². The van der Waals surface area contributed by atoms with E-state index in [-0.39, 0.29) is 0 Å². The summed E-state index contributed by atoms with van der Waals surface area (Å²) in [5.41, 5.74) is 0. The van der Waals surface area contributed by atoms with Crippen molar-refractivity contribution >= 4 is 0 Å². The van der Waals surface area contributed by atoms with Crippen LogP contribution in [0.1, 0.15) is 13.3 Å². The van der Waals surface area contributed by atoms with Crippen LogP contribution in [0.4, 0.5) is 0 Å². The molecule has 0 spiro atoms. The second-order valence-electron chi connectivity index (χ2n) is 2.81. The molecule has 9 heavy (non-hydrogen) atoms. The van der Waals surface area contributed by atoms with Crippen LogP contribution in [0.15, 0.2) is 0 Å².